The highest BCUT2D eigenvalue weighted by Crippen LogP contribution is 2.37. The number of esters is 1. The fraction of sp³-hybridized carbons (Fsp3) is 0.222. The minimum atomic E-state index is -6.26. The third-order valence-corrected chi connectivity index (χ3v) is 1.81. The van der Waals surface area contributed by atoms with Crippen LogP contribution in [0.25, 0.3) is 0 Å². The molecular formula is C9H2F8O2. The first-order chi connectivity index (χ1) is 8.48. The Hall–Kier alpha value is -1.87. The molecule has 0 saturated heterocycles. The zero-order valence-corrected chi connectivity index (χ0v) is 8.49. The molecule has 0 heterocycles. The SMILES string of the molecule is O=C(Oc1ccc(F)c(F)c1F)C(F)(F)C(F)(F)F. The molecule has 0 spiro atoms. The predicted octanol–water partition coefficient (Wildman–Crippen LogP) is 3.21. The second kappa shape index (κ2) is 4.67. The van der Waals surface area contributed by atoms with Crippen molar-refractivity contribution in [1.82, 2.24) is 0 Å². The van der Waals surface area contributed by atoms with Crippen molar-refractivity contribution < 1.29 is 44.7 Å². The van der Waals surface area contributed by atoms with Gasteiger partial charge in [-0.3, -0.25) is 0 Å². The Morgan fingerprint density at radius 1 is 0.947 bits per heavy atom. The van der Waals surface area contributed by atoms with Crippen molar-refractivity contribution in [3.8, 4) is 5.75 Å². The van der Waals surface area contributed by atoms with Gasteiger partial charge in [0.2, 0.25) is 5.82 Å². The second-order valence-electron chi connectivity index (χ2n) is 3.14. The van der Waals surface area contributed by atoms with Crippen molar-refractivity contribution in [2.24, 2.45) is 0 Å². The standard InChI is InChI=1S/C9H2F8O2/c10-3-1-2-4(6(12)5(3)11)19-7(18)8(13,14)9(15,16)17/h1-2H. The zero-order valence-electron chi connectivity index (χ0n) is 8.49. The first kappa shape index (κ1) is 15.2. The van der Waals surface area contributed by atoms with E-state index in [2.05, 4.69) is 4.74 Å². The van der Waals surface area contributed by atoms with Gasteiger partial charge in [-0.15, -0.1) is 0 Å². The van der Waals surface area contributed by atoms with Crippen LogP contribution >= 0.6 is 0 Å². The lowest BCUT2D eigenvalue weighted by Crippen LogP contribution is -2.46. The molecule has 0 aliphatic heterocycles. The van der Waals surface area contributed by atoms with Gasteiger partial charge >= 0.3 is 18.1 Å². The lowest BCUT2D eigenvalue weighted by Gasteiger charge is -2.17. The monoisotopic (exact) mass is 294 g/mol. The number of alkyl halides is 5. The van der Waals surface area contributed by atoms with Gasteiger partial charge in [0.15, 0.2) is 17.4 Å². The first-order valence-electron chi connectivity index (χ1n) is 4.28. The molecule has 1 aromatic rings. The summed E-state index contributed by atoms with van der Waals surface area (Å²) in [5, 5.41) is 0. The summed E-state index contributed by atoms with van der Waals surface area (Å²) in [7, 11) is 0. The van der Waals surface area contributed by atoms with Crippen LogP contribution < -0.4 is 4.74 Å². The van der Waals surface area contributed by atoms with Gasteiger partial charge in [-0.2, -0.15) is 26.3 Å². The van der Waals surface area contributed by atoms with E-state index in [0.717, 1.165) is 0 Å². The quantitative estimate of drug-likeness (QED) is 0.362. The summed E-state index contributed by atoms with van der Waals surface area (Å²) >= 11 is 0. The van der Waals surface area contributed by atoms with Crippen molar-refractivity contribution in [3.05, 3.63) is 29.6 Å². The molecule has 0 N–H and O–H groups in total. The smallest absolute Gasteiger partial charge is 0.419 e. The van der Waals surface area contributed by atoms with Crippen LogP contribution in [0.1, 0.15) is 0 Å². The Bertz CT molecular complexity index is 508. The van der Waals surface area contributed by atoms with Crippen LogP contribution in [-0.2, 0) is 4.79 Å². The van der Waals surface area contributed by atoms with E-state index in [1.807, 2.05) is 0 Å². The Morgan fingerprint density at radius 3 is 1.95 bits per heavy atom. The maximum atomic E-state index is 12.9. The number of ether oxygens (including phenoxy) is 1. The number of carbonyl (C=O) groups is 1. The molecule has 10 heteroatoms. The molecule has 1 aromatic carbocycles. The van der Waals surface area contributed by atoms with Gasteiger partial charge in [-0.1, -0.05) is 0 Å². The van der Waals surface area contributed by atoms with Crippen molar-refractivity contribution >= 4 is 5.97 Å². The third-order valence-electron chi connectivity index (χ3n) is 1.81. The van der Waals surface area contributed by atoms with Crippen molar-refractivity contribution in [3.63, 3.8) is 0 Å². The molecule has 0 aliphatic rings. The normalized spacial score (nSPS) is 12.4. The highest BCUT2D eigenvalue weighted by atomic mass is 19.4. The molecule has 19 heavy (non-hydrogen) atoms. The Morgan fingerprint density at radius 2 is 1.47 bits per heavy atom. The largest absolute Gasteiger partial charge is 0.465 e. The van der Waals surface area contributed by atoms with Crippen molar-refractivity contribution in [2.45, 2.75) is 12.1 Å². The zero-order chi connectivity index (χ0) is 15.0. The number of hydrogen-bond donors (Lipinski definition) is 0. The van der Waals surface area contributed by atoms with E-state index in [9.17, 15) is 39.9 Å². The lowest BCUT2D eigenvalue weighted by atomic mass is 10.3. The van der Waals surface area contributed by atoms with Crippen LogP contribution in [0, 0.1) is 17.5 Å². The Labute approximate surface area is 99.1 Å². The molecule has 0 aliphatic carbocycles. The molecule has 0 saturated carbocycles. The first-order valence-corrected chi connectivity index (χ1v) is 4.28. The summed E-state index contributed by atoms with van der Waals surface area (Å²) in [6.07, 6.45) is -6.26. The maximum absolute atomic E-state index is 12.9. The van der Waals surface area contributed by atoms with Crippen molar-refractivity contribution in [2.75, 3.05) is 0 Å². The summed E-state index contributed by atoms with van der Waals surface area (Å²) in [5.41, 5.74) is 0. The summed E-state index contributed by atoms with van der Waals surface area (Å²) in [4.78, 5) is 10.6. The van der Waals surface area contributed by atoms with E-state index in [1.165, 1.54) is 0 Å². The number of halogens is 8. The van der Waals surface area contributed by atoms with Gasteiger partial charge in [0.05, 0.1) is 0 Å². The fourth-order valence-corrected chi connectivity index (χ4v) is 0.867. The molecule has 0 amide bonds. The number of hydrogen-bond acceptors (Lipinski definition) is 2. The summed E-state index contributed by atoms with van der Waals surface area (Å²) in [5.74, 6) is -16.8. The average Bonchev–Trinajstić information content (AvgIpc) is 2.28. The van der Waals surface area contributed by atoms with Crippen molar-refractivity contribution in [1.29, 1.82) is 0 Å². The topological polar surface area (TPSA) is 26.3 Å². The van der Waals surface area contributed by atoms with E-state index >= 15 is 0 Å². The molecule has 0 bridgehead atoms. The van der Waals surface area contributed by atoms with Gasteiger partial charge in [0, 0.05) is 0 Å². The minimum absolute atomic E-state index is 0.187. The van der Waals surface area contributed by atoms with Gasteiger partial charge in [-0.25, -0.2) is 13.6 Å². The molecular weight excluding hydrogens is 292 g/mol. The summed E-state index contributed by atoms with van der Waals surface area (Å²) in [6.45, 7) is 0. The average molecular weight is 294 g/mol. The molecule has 0 aromatic heterocycles. The van der Waals surface area contributed by atoms with E-state index in [-0.39, 0.29) is 12.1 Å². The van der Waals surface area contributed by atoms with Crippen LogP contribution in [0.2, 0.25) is 0 Å². The summed E-state index contributed by atoms with van der Waals surface area (Å²) < 4.78 is 101. The van der Waals surface area contributed by atoms with E-state index in [4.69, 9.17) is 0 Å². The molecule has 1 rings (SSSR count). The van der Waals surface area contributed by atoms with Gasteiger partial charge in [0.25, 0.3) is 0 Å². The maximum Gasteiger partial charge on any atom is 0.465 e. The molecule has 106 valence electrons. The van der Waals surface area contributed by atoms with Gasteiger partial charge in [-0.05, 0) is 12.1 Å². The number of carbonyl (C=O) groups excluding carboxylic acids is 1. The van der Waals surface area contributed by atoms with Crippen LogP contribution in [0.4, 0.5) is 35.1 Å². The molecule has 0 unspecified atom stereocenters. The highest BCUT2D eigenvalue weighted by Gasteiger charge is 2.65. The van der Waals surface area contributed by atoms with E-state index in [1.54, 1.807) is 0 Å². The number of benzene rings is 1. The Kier molecular flexibility index (Phi) is 3.73. The minimum Gasteiger partial charge on any atom is -0.419 e. The van der Waals surface area contributed by atoms with Gasteiger partial charge in [0.1, 0.15) is 0 Å². The predicted molar refractivity (Wildman–Crippen MR) is 43.0 cm³/mol. The second-order valence-corrected chi connectivity index (χ2v) is 3.14. The molecule has 0 fully saturated rings. The van der Waals surface area contributed by atoms with E-state index < -0.39 is 41.3 Å². The van der Waals surface area contributed by atoms with Gasteiger partial charge < -0.3 is 4.74 Å². The van der Waals surface area contributed by atoms with Crippen LogP contribution in [0.5, 0.6) is 5.75 Å². The summed E-state index contributed by atoms with van der Waals surface area (Å²) in [6, 6.07) is 0.380. The fourth-order valence-electron chi connectivity index (χ4n) is 0.867. The highest BCUT2D eigenvalue weighted by molar-refractivity contribution is 5.80. The lowest BCUT2D eigenvalue weighted by molar-refractivity contribution is -0.276. The molecule has 2 nitrogen and oxygen atoms in total. The number of rotatable bonds is 2. The Balaban J connectivity index is 3.05. The van der Waals surface area contributed by atoms with E-state index in [0.29, 0.717) is 0 Å². The third kappa shape index (κ3) is 2.76. The molecule has 0 radical (unpaired) electrons. The van der Waals surface area contributed by atoms with Crippen LogP contribution in [0.15, 0.2) is 12.1 Å². The van der Waals surface area contributed by atoms with Crippen LogP contribution in [-0.4, -0.2) is 18.1 Å². The molecule has 0 atom stereocenters. The van der Waals surface area contributed by atoms with Crippen LogP contribution in [0.3, 0.4) is 0 Å².